The van der Waals surface area contributed by atoms with Gasteiger partial charge in [0.25, 0.3) is 0 Å². The summed E-state index contributed by atoms with van der Waals surface area (Å²) in [6.07, 6.45) is 0. The van der Waals surface area contributed by atoms with Gasteiger partial charge in [-0.3, -0.25) is 0 Å². The van der Waals surface area contributed by atoms with Crippen LogP contribution in [-0.2, 0) is 16.2 Å². The fraction of sp³-hybridized carbons (Fsp3) is 0.182. The van der Waals surface area contributed by atoms with Crippen molar-refractivity contribution in [2.24, 2.45) is 0 Å². The van der Waals surface area contributed by atoms with Gasteiger partial charge < -0.3 is 19.1 Å². The second-order valence-electron chi connectivity index (χ2n) is 22.2. The van der Waals surface area contributed by atoms with E-state index in [9.17, 15) is 0 Å². The van der Waals surface area contributed by atoms with Crippen molar-refractivity contribution >= 4 is 128 Å². The average molecular weight is 1010 g/mol. The summed E-state index contributed by atoms with van der Waals surface area (Å²) in [6, 6.07) is 69.4. The maximum atomic E-state index is 8.04. The van der Waals surface area contributed by atoms with Gasteiger partial charge in [-0.05, 0) is 142 Å². The number of benzene rings is 9. The molecule has 11 aromatic rings. The Hall–Kier alpha value is -7.02. The lowest BCUT2D eigenvalue weighted by molar-refractivity contribution is 0.590. The lowest BCUT2D eigenvalue weighted by Crippen LogP contribution is -2.17. The molecule has 0 N–H and O–H groups in total. The van der Waals surface area contributed by atoms with Crippen molar-refractivity contribution in [1.82, 2.24) is 0 Å². The SMILES string of the molecule is CC(C)(C)c1ccc(N(c2cccc(N(c3ccc(C(C)(C)C)cc3)c3cc(Cl)cc(N(c4ccc(C(C)(C)C)cc4)c4ccc5c(c4)sc4ccccc45)c3Cl)c2)c2ccc3oc4ccccc4c3c2)cc1. The number of halogens is 2. The van der Waals surface area contributed by atoms with Crippen molar-refractivity contribution in [2.45, 2.75) is 78.6 Å². The number of para-hydroxylation sites is 1. The molecule has 2 heterocycles. The van der Waals surface area contributed by atoms with Crippen molar-refractivity contribution < 1.29 is 4.42 Å². The van der Waals surface area contributed by atoms with Gasteiger partial charge in [-0.2, -0.15) is 0 Å². The first-order chi connectivity index (χ1) is 34.9. The Morgan fingerprint density at radius 1 is 0.342 bits per heavy atom. The van der Waals surface area contributed by atoms with Crippen molar-refractivity contribution in [2.75, 3.05) is 14.7 Å². The summed E-state index contributed by atoms with van der Waals surface area (Å²) in [5, 5.41) is 5.73. The standard InChI is InChI=1S/C66H59Cl2N3OS/c1-64(2,3)42-21-27-46(28-22-42)69(51-34-36-60-56(40-51)53-17-10-12-19-59(53)72-60)49-15-14-16-50(39-49)70(47-29-23-43(24-30-47)65(4,5)6)57-37-45(67)38-58(63(57)68)71(48-31-25-44(26-32-48)66(7,8)9)52-33-35-55-54-18-11-13-20-61(54)73-62(55)41-52/h10-41H,1-9H3. The van der Waals surface area contributed by atoms with E-state index in [-0.39, 0.29) is 16.2 Å². The number of furan rings is 1. The third kappa shape index (κ3) is 9.24. The summed E-state index contributed by atoms with van der Waals surface area (Å²) in [6.45, 7) is 20.2. The molecule has 11 rings (SSSR count). The first-order valence-electron chi connectivity index (χ1n) is 25.0. The van der Waals surface area contributed by atoms with Crippen LogP contribution in [-0.4, -0.2) is 0 Å². The maximum absolute atomic E-state index is 8.04. The molecule has 9 aromatic carbocycles. The summed E-state index contributed by atoms with van der Waals surface area (Å²) in [4.78, 5) is 6.83. The topological polar surface area (TPSA) is 22.9 Å². The van der Waals surface area contributed by atoms with Crippen LogP contribution in [0.3, 0.4) is 0 Å². The number of rotatable bonds is 9. The van der Waals surface area contributed by atoms with Crippen LogP contribution in [0, 0.1) is 0 Å². The molecule has 0 aliphatic carbocycles. The first-order valence-corrected chi connectivity index (χ1v) is 26.6. The van der Waals surface area contributed by atoms with Gasteiger partial charge in [-0.25, -0.2) is 0 Å². The molecule has 73 heavy (non-hydrogen) atoms. The summed E-state index contributed by atoms with van der Waals surface area (Å²) in [7, 11) is 0. The predicted octanol–water partition coefficient (Wildman–Crippen LogP) is 21.6. The highest BCUT2D eigenvalue weighted by Crippen LogP contribution is 2.51. The van der Waals surface area contributed by atoms with E-state index in [1.165, 1.54) is 36.9 Å². The summed E-state index contributed by atoms with van der Waals surface area (Å²) >= 11 is 17.3. The van der Waals surface area contributed by atoms with E-state index in [1.54, 1.807) is 11.3 Å². The molecule has 0 fully saturated rings. The fourth-order valence-corrected chi connectivity index (χ4v) is 11.6. The Balaban J connectivity index is 1.11. The van der Waals surface area contributed by atoms with Crippen LogP contribution in [0.15, 0.2) is 199 Å². The highest BCUT2D eigenvalue weighted by Gasteiger charge is 2.27. The number of hydrogen-bond donors (Lipinski definition) is 0. The highest BCUT2D eigenvalue weighted by molar-refractivity contribution is 7.25. The van der Waals surface area contributed by atoms with Crippen molar-refractivity contribution in [3.8, 4) is 0 Å². The number of thiophene rings is 1. The van der Waals surface area contributed by atoms with Crippen LogP contribution in [0.4, 0.5) is 51.2 Å². The van der Waals surface area contributed by atoms with Gasteiger partial charge >= 0.3 is 0 Å². The predicted molar refractivity (Wildman–Crippen MR) is 317 cm³/mol. The summed E-state index contributed by atoms with van der Waals surface area (Å²) in [5.74, 6) is 0. The summed E-state index contributed by atoms with van der Waals surface area (Å²) < 4.78 is 8.78. The molecule has 0 atom stereocenters. The Bertz CT molecular complexity index is 3830. The number of nitrogens with zero attached hydrogens (tertiary/aromatic N) is 3. The molecule has 4 nitrogen and oxygen atoms in total. The van der Waals surface area contributed by atoms with Crippen LogP contribution in [0.2, 0.25) is 10.0 Å². The molecule has 2 aromatic heterocycles. The molecule has 0 radical (unpaired) electrons. The molecule has 0 unspecified atom stereocenters. The van der Waals surface area contributed by atoms with Gasteiger partial charge in [0.05, 0.1) is 16.4 Å². The maximum Gasteiger partial charge on any atom is 0.135 e. The van der Waals surface area contributed by atoms with E-state index in [4.69, 9.17) is 27.6 Å². The molecule has 0 amide bonds. The van der Waals surface area contributed by atoms with Crippen LogP contribution in [0.5, 0.6) is 0 Å². The number of anilines is 9. The van der Waals surface area contributed by atoms with E-state index >= 15 is 0 Å². The molecular formula is C66H59Cl2N3OS. The van der Waals surface area contributed by atoms with Crippen molar-refractivity contribution in [3.05, 3.63) is 221 Å². The molecule has 0 aliphatic heterocycles. The Morgan fingerprint density at radius 2 is 0.767 bits per heavy atom. The molecule has 0 aliphatic rings. The second-order valence-corrected chi connectivity index (χ2v) is 24.1. The molecule has 0 saturated carbocycles. The van der Waals surface area contributed by atoms with E-state index in [1.807, 2.05) is 24.3 Å². The van der Waals surface area contributed by atoms with Crippen LogP contribution in [0.25, 0.3) is 42.1 Å². The second kappa shape index (κ2) is 18.5. The first kappa shape index (κ1) is 48.3. The third-order valence-electron chi connectivity index (χ3n) is 14.0. The van der Waals surface area contributed by atoms with Gasteiger partial charge in [0.15, 0.2) is 0 Å². The Labute approximate surface area is 443 Å². The van der Waals surface area contributed by atoms with Crippen molar-refractivity contribution in [1.29, 1.82) is 0 Å². The molecule has 0 saturated heterocycles. The van der Waals surface area contributed by atoms with Crippen LogP contribution >= 0.6 is 34.5 Å². The van der Waals surface area contributed by atoms with Gasteiger partial charge in [-0.1, -0.05) is 170 Å². The largest absolute Gasteiger partial charge is 0.456 e. The lowest BCUT2D eigenvalue weighted by Gasteiger charge is -2.33. The Morgan fingerprint density at radius 3 is 1.33 bits per heavy atom. The molecule has 0 bridgehead atoms. The van der Waals surface area contributed by atoms with Gasteiger partial charge in [0, 0.05) is 75.8 Å². The van der Waals surface area contributed by atoms with E-state index in [2.05, 4.69) is 247 Å². The smallest absolute Gasteiger partial charge is 0.135 e. The summed E-state index contributed by atoms with van der Waals surface area (Å²) in [5.41, 5.74) is 13.7. The third-order valence-corrected chi connectivity index (χ3v) is 15.8. The van der Waals surface area contributed by atoms with Crippen LogP contribution < -0.4 is 14.7 Å². The number of hydrogen-bond acceptors (Lipinski definition) is 5. The monoisotopic (exact) mass is 1010 g/mol. The Kier molecular flexibility index (Phi) is 12.2. The minimum absolute atomic E-state index is 0.00711. The molecular weight excluding hydrogens is 954 g/mol. The zero-order chi connectivity index (χ0) is 51.0. The van der Waals surface area contributed by atoms with Gasteiger partial charge in [-0.15, -0.1) is 11.3 Å². The average Bonchev–Trinajstić information content (AvgIpc) is 3.93. The van der Waals surface area contributed by atoms with Crippen LogP contribution in [0.1, 0.15) is 79.0 Å². The molecule has 0 spiro atoms. The van der Waals surface area contributed by atoms with E-state index < -0.39 is 0 Å². The normalized spacial score (nSPS) is 12.3. The lowest BCUT2D eigenvalue weighted by atomic mass is 9.87. The highest BCUT2D eigenvalue weighted by atomic mass is 35.5. The number of fused-ring (bicyclic) bond motifs is 6. The fourth-order valence-electron chi connectivity index (χ4n) is 10.00. The quantitative estimate of drug-likeness (QED) is 0.144. The zero-order valence-electron chi connectivity index (χ0n) is 42.9. The van der Waals surface area contributed by atoms with E-state index in [0.717, 1.165) is 73.1 Å². The molecule has 7 heteroatoms. The zero-order valence-corrected chi connectivity index (χ0v) is 45.2. The minimum Gasteiger partial charge on any atom is -0.456 e. The van der Waals surface area contributed by atoms with Gasteiger partial charge in [0.2, 0.25) is 0 Å². The molecule has 364 valence electrons. The van der Waals surface area contributed by atoms with Crippen molar-refractivity contribution in [3.63, 3.8) is 0 Å². The minimum atomic E-state index is -0.0485. The van der Waals surface area contributed by atoms with Gasteiger partial charge in [0.1, 0.15) is 11.2 Å². The van der Waals surface area contributed by atoms with E-state index in [0.29, 0.717) is 10.0 Å².